The molecule has 2 N–H and O–H groups in total. The van der Waals surface area contributed by atoms with Gasteiger partial charge in [0.2, 0.25) is 5.91 Å². The van der Waals surface area contributed by atoms with Gasteiger partial charge in [-0.25, -0.2) is 4.98 Å². The van der Waals surface area contributed by atoms with E-state index in [0.29, 0.717) is 10.7 Å². The third kappa shape index (κ3) is 3.74. The van der Waals surface area contributed by atoms with Crippen molar-refractivity contribution >= 4 is 44.9 Å². The molecule has 0 spiro atoms. The number of benzene rings is 2. The zero-order valence-electron chi connectivity index (χ0n) is 15.0. The Hall–Kier alpha value is -3.58. The molecule has 4 aromatic rings. The molecule has 2 amide bonds. The van der Waals surface area contributed by atoms with Crippen molar-refractivity contribution in [3.63, 3.8) is 0 Å². The number of thiazole rings is 1. The van der Waals surface area contributed by atoms with E-state index in [2.05, 4.69) is 20.6 Å². The molecule has 0 aliphatic rings. The molecule has 0 saturated carbocycles. The van der Waals surface area contributed by atoms with Gasteiger partial charge >= 0.3 is 0 Å². The van der Waals surface area contributed by atoms with Gasteiger partial charge in [0.25, 0.3) is 5.91 Å². The number of anilines is 2. The van der Waals surface area contributed by atoms with E-state index in [0.717, 1.165) is 27.8 Å². The summed E-state index contributed by atoms with van der Waals surface area (Å²) in [5, 5.41) is 8.79. The van der Waals surface area contributed by atoms with Crippen LogP contribution in [0.1, 0.15) is 17.3 Å². The van der Waals surface area contributed by atoms with Gasteiger partial charge in [-0.05, 0) is 30.3 Å². The van der Waals surface area contributed by atoms with Gasteiger partial charge in [0.1, 0.15) is 0 Å². The Morgan fingerprint density at radius 3 is 2.57 bits per heavy atom. The quantitative estimate of drug-likeness (QED) is 0.536. The van der Waals surface area contributed by atoms with E-state index in [1.807, 2.05) is 53.9 Å². The second kappa shape index (κ2) is 7.58. The fraction of sp³-hybridized carbons (Fsp3) is 0.0476. The second-order valence-corrected chi connectivity index (χ2v) is 6.98. The standard InChI is InChI=1S/C21H16N4O2S/c1-13(26)23-15-9-7-14(8-10-15)19-12-28-21(24-19)25-20(27)17-4-2-6-18-16(17)5-3-11-22-18/h2-12H,1H3,(H,23,26)(H,24,25,27). The van der Waals surface area contributed by atoms with E-state index in [4.69, 9.17) is 0 Å². The minimum atomic E-state index is -0.222. The van der Waals surface area contributed by atoms with Crippen molar-refractivity contribution in [3.05, 3.63) is 71.7 Å². The number of amides is 2. The zero-order valence-corrected chi connectivity index (χ0v) is 15.8. The van der Waals surface area contributed by atoms with E-state index < -0.39 is 0 Å². The van der Waals surface area contributed by atoms with Crippen molar-refractivity contribution in [1.29, 1.82) is 0 Å². The molecule has 7 heteroatoms. The number of fused-ring (bicyclic) bond motifs is 1. The Bertz CT molecular complexity index is 1160. The van der Waals surface area contributed by atoms with Gasteiger partial charge in [-0.2, -0.15) is 0 Å². The van der Waals surface area contributed by atoms with E-state index >= 15 is 0 Å². The number of aromatic nitrogens is 2. The first-order chi connectivity index (χ1) is 13.6. The molecular formula is C21H16N4O2S. The Labute approximate surface area is 165 Å². The third-order valence-electron chi connectivity index (χ3n) is 4.12. The number of nitrogens with one attached hydrogen (secondary N) is 2. The van der Waals surface area contributed by atoms with Crippen molar-refractivity contribution < 1.29 is 9.59 Å². The normalized spacial score (nSPS) is 10.6. The number of hydrogen-bond acceptors (Lipinski definition) is 5. The monoisotopic (exact) mass is 388 g/mol. The molecule has 2 aromatic heterocycles. The van der Waals surface area contributed by atoms with Crippen LogP contribution in [0.2, 0.25) is 0 Å². The van der Waals surface area contributed by atoms with Crippen LogP contribution in [0.5, 0.6) is 0 Å². The van der Waals surface area contributed by atoms with Gasteiger partial charge in [-0.1, -0.05) is 24.3 Å². The number of nitrogens with zero attached hydrogens (tertiary/aromatic N) is 2. The molecule has 0 unspecified atom stereocenters. The first-order valence-electron chi connectivity index (χ1n) is 8.59. The molecule has 0 aliphatic carbocycles. The predicted octanol–water partition coefficient (Wildman–Crippen LogP) is 4.57. The number of hydrogen-bond donors (Lipinski definition) is 2. The van der Waals surface area contributed by atoms with E-state index in [1.54, 1.807) is 12.3 Å². The minimum Gasteiger partial charge on any atom is -0.326 e. The molecule has 0 saturated heterocycles. The van der Waals surface area contributed by atoms with E-state index in [1.165, 1.54) is 18.3 Å². The van der Waals surface area contributed by atoms with Crippen LogP contribution in [0.3, 0.4) is 0 Å². The largest absolute Gasteiger partial charge is 0.326 e. The molecular weight excluding hydrogens is 372 g/mol. The highest BCUT2D eigenvalue weighted by Gasteiger charge is 2.13. The van der Waals surface area contributed by atoms with Gasteiger partial charge in [0.05, 0.1) is 11.2 Å². The van der Waals surface area contributed by atoms with Gasteiger partial charge in [0, 0.05) is 40.7 Å². The van der Waals surface area contributed by atoms with Crippen molar-refractivity contribution in [2.24, 2.45) is 0 Å². The van der Waals surface area contributed by atoms with Crippen LogP contribution in [0.4, 0.5) is 10.8 Å². The highest BCUT2D eigenvalue weighted by Crippen LogP contribution is 2.27. The molecule has 0 atom stereocenters. The Morgan fingerprint density at radius 1 is 0.964 bits per heavy atom. The molecule has 138 valence electrons. The Morgan fingerprint density at radius 2 is 1.79 bits per heavy atom. The first-order valence-corrected chi connectivity index (χ1v) is 9.47. The molecule has 2 heterocycles. The fourth-order valence-electron chi connectivity index (χ4n) is 2.86. The van der Waals surface area contributed by atoms with Crippen molar-refractivity contribution in [2.75, 3.05) is 10.6 Å². The molecule has 0 aliphatic heterocycles. The maximum Gasteiger partial charge on any atom is 0.258 e. The predicted molar refractivity (Wildman–Crippen MR) is 112 cm³/mol. The summed E-state index contributed by atoms with van der Waals surface area (Å²) >= 11 is 1.36. The number of carbonyl (C=O) groups is 2. The van der Waals surface area contributed by atoms with Gasteiger partial charge in [0.15, 0.2) is 5.13 Å². The fourth-order valence-corrected chi connectivity index (χ4v) is 3.57. The van der Waals surface area contributed by atoms with Crippen LogP contribution in [0.15, 0.2) is 66.2 Å². The smallest absolute Gasteiger partial charge is 0.258 e. The maximum absolute atomic E-state index is 12.7. The second-order valence-electron chi connectivity index (χ2n) is 6.13. The van der Waals surface area contributed by atoms with Gasteiger partial charge in [-0.3, -0.25) is 19.9 Å². The van der Waals surface area contributed by atoms with E-state index in [9.17, 15) is 9.59 Å². The molecule has 0 bridgehead atoms. The highest BCUT2D eigenvalue weighted by molar-refractivity contribution is 7.14. The molecule has 6 nitrogen and oxygen atoms in total. The van der Waals surface area contributed by atoms with Gasteiger partial charge < -0.3 is 5.32 Å². The number of pyridine rings is 1. The topological polar surface area (TPSA) is 84.0 Å². The highest BCUT2D eigenvalue weighted by atomic mass is 32.1. The number of rotatable bonds is 4. The zero-order chi connectivity index (χ0) is 19.5. The first kappa shape index (κ1) is 17.8. The van der Waals surface area contributed by atoms with Crippen LogP contribution in [-0.4, -0.2) is 21.8 Å². The summed E-state index contributed by atoms with van der Waals surface area (Å²) in [5.41, 5.74) is 3.72. The lowest BCUT2D eigenvalue weighted by Gasteiger charge is -2.05. The van der Waals surface area contributed by atoms with Crippen molar-refractivity contribution in [3.8, 4) is 11.3 Å². The summed E-state index contributed by atoms with van der Waals surface area (Å²) in [6, 6.07) is 16.5. The molecule has 0 radical (unpaired) electrons. The molecule has 0 fully saturated rings. The maximum atomic E-state index is 12.7. The summed E-state index contributed by atoms with van der Waals surface area (Å²) in [4.78, 5) is 32.6. The lowest BCUT2D eigenvalue weighted by atomic mass is 10.1. The van der Waals surface area contributed by atoms with Crippen LogP contribution in [0, 0.1) is 0 Å². The van der Waals surface area contributed by atoms with Crippen LogP contribution >= 0.6 is 11.3 Å². The van der Waals surface area contributed by atoms with Crippen LogP contribution < -0.4 is 10.6 Å². The van der Waals surface area contributed by atoms with E-state index in [-0.39, 0.29) is 11.8 Å². The summed E-state index contributed by atoms with van der Waals surface area (Å²) < 4.78 is 0. The summed E-state index contributed by atoms with van der Waals surface area (Å²) in [7, 11) is 0. The van der Waals surface area contributed by atoms with Crippen molar-refractivity contribution in [1.82, 2.24) is 9.97 Å². The third-order valence-corrected chi connectivity index (χ3v) is 4.87. The van der Waals surface area contributed by atoms with Crippen molar-refractivity contribution in [2.45, 2.75) is 6.92 Å². The summed E-state index contributed by atoms with van der Waals surface area (Å²) in [6.07, 6.45) is 1.70. The Kier molecular flexibility index (Phi) is 4.82. The molecule has 4 rings (SSSR count). The van der Waals surface area contributed by atoms with Crippen LogP contribution in [-0.2, 0) is 4.79 Å². The molecule has 28 heavy (non-hydrogen) atoms. The SMILES string of the molecule is CC(=O)Nc1ccc(-c2csc(NC(=O)c3cccc4ncccc34)n2)cc1. The summed E-state index contributed by atoms with van der Waals surface area (Å²) in [5.74, 6) is -0.337. The molecule has 2 aromatic carbocycles. The number of carbonyl (C=O) groups excluding carboxylic acids is 2. The lowest BCUT2D eigenvalue weighted by Crippen LogP contribution is -2.12. The van der Waals surface area contributed by atoms with Crippen LogP contribution in [0.25, 0.3) is 22.2 Å². The lowest BCUT2D eigenvalue weighted by molar-refractivity contribution is -0.114. The minimum absolute atomic E-state index is 0.116. The average molecular weight is 388 g/mol. The summed E-state index contributed by atoms with van der Waals surface area (Å²) in [6.45, 7) is 1.47. The average Bonchev–Trinajstić information content (AvgIpc) is 3.16. The Balaban J connectivity index is 1.53. The van der Waals surface area contributed by atoms with Gasteiger partial charge in [-0.15, -0.1) is 11.3 Å².